The Balaban J connectivity index is 1.62. The van der Waals surface area contributed by atoms with Crippen molar-refractivity contribution in [1.29, 1.82) is 0 Å². The van der Waals surface area contributed by atoms with Crippen LogP contribution >= 0.6 is 11.3 Å². The number of thiophene rings is 1. The Morgan fingerprint density at radius 1 is 1.29 bits per heavy atom. The molecule has 0 amide bonds. The molecule has 114 valence electrons. The molecule has 3 heterocycles. The number of aliphatic hydroxyl groups excluding tert-OH is 1. The maximum absolute atomic E-state index is 10.2. The minimum Gasteiger partial charge on any atom is -0.393 e. The summed E-state index contributed by atoms with van der Waals surface area (Å²) in [6.07, 6.45) is 4.02. The van der Waals surface area contributed by atoms with Crippen LogP contribution in [-0.2, 0) is 6.54 Å². The van der Waals surface area contributed by atoms with Crippen molar-refractivity contribution in [3.05, 3.63) is 29.3 Å². The predicted molar refractivity (Wildman–Crippen MR) is 83.1 cm³/mol. The van der Waals surface area contributed by atoms with Gasteiger partial charge in [-0.25, -0.2) is 0 Å². The Kier molecular flexibility index (Phi) is 4.40. The lowest BCUT2D eigenvalue weighted by Crippen LogP contribution is -2.34. The predicted octanol–water partition coefficient (Wildman–Crippen LogP) is 1.85. The van der Waals surface area contributed by atoms with E-state index in [1.165, 1.54) is 9.75 Å². The number of nitrogens with one attached hydrogen (secondary N) is 1. The van der Waals surface area contributed by atoms with E-state index in [2.05, 4.69) is 27.2 Å². The fourth-order valence-corrected chi connectivity index (χ4v) is 3.80. The molecule has 0 unspecified atom stereocenters. The number of rotatable bonds is 4. The molecule has 1 fully saturated rings. The van der Waals surface area contributed by atoms with Gasteiger partial charge in [-0.1, -0.05) is 0 Å². The maximum Gasteiger partial charge on any atom is 0.0890 e. The quantitative estimate of drug-likeness (QED) is 0.806. The Labute approximate surface area is 128 Å². The highest BCUT2D eigenvalue weighted by Gasteiger charge is 2.29. The lowest BCUT2D eigenvalue weighted by Gasteiger charge is -2.24. The van der Waals surface area contributed by atoms with Crippen LogP contribution in [0.1, 0.15) is 24.1 Å². The first-order chi connectivity index (χ1) is 10.2. The van der Waals surface area contributed by atoms with Crippen molar-refractivity contribution in [3.8, 4) is 10.6 Å². The van der Waals surface area contributed by atoms with Gasteiger partial charge in [0.1, 0.15) is 0 Å². The second kappa shape index (κ2) is 6.27. The number of aliphatic hydroxyl groups is 2. The first kappa shape index (κ1) is 14.7. The summed E-state index contributed by atoms with van der Waals surface area (Å²) in [6.45, 7) is 2.57. The number of likely N-dealkylation sites (tertiary alicyclic amines) is 1. The topological polar surface area (TPSA) is 72.4 Å². The first-order valence-electron chi connectivity index (χ1n) is 7.33. The average molecular weight is 307 g/mol. The van der Waals surface area contributed by atoms with Crippen LogP contribution in [0.25, 0.3) is 10.6 Å². The van der Waals surface area contributed by atoms with Gasteiger partial charge in [-0.05, 0) is 44.0 Å². The molecule has 1 aliphatic rings. The third kappa shape index (κ3) is 3.52. The van der Waals surface area contributed by atoms with Crippen LogP contribution in [0.15, 0.2) is 24.4 Å². The van der Waals surface area contributed by atoms with Crippen molar-refractivity contribution in [3.63, 3.8) is 0 Å². The highest BCUT2D eigenvalue weighted by Crippen LogP contribution is 2.28. The fourth-order valence-electron chi connectivity index (χ4n) is 2.77. The Bertz CT molecular complexity index is 569. The van der Waals surface area contributed by atoms with Gasteiger partial charge < -0.3 is 10.2 Å². The summed E-state index contributed by atoms with van der Waals surface area (Å²) in [5.41, 5.74) is 0.169. The number of nitrogens with zero attached hydrogens (tertiary/aromatic N) is 2. The van der Waals surface area contributed by atoms with Gasteiger partial charge in [-0.3, -0.25) is 10.00 Å². The smallest absolute Gasteiger partial charge is 0.0890 e. The zero-order valence-corrected chi connectivity index (χ0v) is 12.8. The van der Waals surface area contributed by atoms with Gasteiger partial charge in [0, 0.05) is 24.2 Å². The number of H-pyrrole nitrogens is 1. The van der Waals surface area contributed by atoms with E-state index < -0.39 is 5.60 Å². The fraction of sp³-hybridized carbons (Fsp3) is 0.533. The van der Waals surface area contributed by atoms with Crippen LogP contribution < -0.4 is 0 Å². The van der Waals surface area contributed by atoms with Crippen molar-refractivity contribution in [2.45, 2.75) is 31.4 Å². The van der Waals surface area contributed by atoms with Gasteiger partial charge in [0.2, 0.25) is 0 Å². The van der Waals surface area contributed by atoms with E-state index in [1.54, 1.807) is 17.5 Å². The minimum atomic E-state index is -0.884. The van der Waals surface area contributed by atoms with Crippen LogP contribution in [-0.4, -0.2) is 50.6 Å². The Morgan fingerprint density at radius 3 is 2.95 bits per heavy atom. The highest BCUT2D eigenvalue weighted by molar-refractivity contribution is 7.15. The van der Waals surface area contributed by atoms with Crippen molar-refractivity contribution in [2.24, 2.45) is 0 Å². The second-order valence-electron chi connectivity index (χ2n) is 5.75. The van der Waals surface area contributed by atoms with E-state index in [4.69, 9.17) is 0 Å². The van der Waals surface area contributed by atoms with Gasteiger partial charge in [0.25, 0.3) is 0 Å². The largest absolute Gasteiger partial charge is 0.393 e. The standard InChI is InChI=1S/C15H21N3O2S/c19-11-15(20)5-1-8-18(9-6-15)10-12-2-3-14(21-12)13-4-7-16-17-13/h2-4,7,19-20H,1,5-6,8-11H2,(H,16,17)/t15-/m0/s1. The van der Waals surface area contributed by atoms with Gasteiger partial charge in [-0.2, -0.15) is 5.10 Å². The van der Waals surface area contributed by atoms with E-state index in [9.17, 15) is 10.2 Å². The number of hydrogen-bond donors (Lipinski definition) is 3. The third-order valence-corrected chi connectivity index (χ3v) is 5.21. The molecule has 1 aliphatic heterocycles. The molecule has 21 heavy (non-hydrogen) atoms. The molecule has 5 nitrogen and oxygen atoms in total. The number of hydrogen-bond acceptors (Lipinski definition) is 5. The highest BCUT2D eigenvalue weighted by atomic mass is 32.1. The van der Waals surface area contributed by atoms with E-state index in [0.29, 0.717) is 12.8 Å². The Hall–Kier alpha value is -1.21. The van der Waals surface area contributed by atoms with Crippen molar-refractivity contribution in [2.75, 3.05) is 19.7 Å². The lowest BCUT2D eigenvalue weighted by atomic mass is 9.96. The van der Waals surface area contributed by atoms with Crippen molar-refractivity contribution in [1.82, 2.24) is 15.1 Å². The van der Waals surface area contributed by atoms with Gasteiger partial charge in [0.05, 0.1) is 22.8 Å². The Morgan fingerprint density at radius 2 is 2.19 bits per heavy atom. The molecule has 3 rings (SSSR count). The molecule has 1 saturated heterocycles. The average Bonchev–Trinajstić information content (AvgIpc) is 3.12. The molecule has 0 saturated carbocycles. The summed E-state index contributed by atoms with van der Waals surface area (Å²) in [4.78, 5) is 4.87. The van der Waals surface area contributed by atoms with Crippen LogP contribution in [0, 0.1) is 0 Å². The van der Waals surface area contributed by atoms with Crippen LogP contribution in [0.5, 0.6) is 0 Å². The zero-order chi connectivity index (χ0) is 14.7. The summed E-state index contributed by atoms with van der Waals surface area (Å²) < 4.78 is 0. The molecule has 0 radical (unpaired) electrons. The molecule has 0 bridgehead atoms. The lowest BCUT2D eigenvalue weighted by molar-refractivity contribution is -0.0255. The van der Waals surface area contributed by atoms with E-state index >= 15 is 0 Å². The molecule has 3 N–H and O–H groups in total. The normalized spacial score (nSPS) is 24.1. The van der Waals surface area contributed by atoms with Crippen LogP contribution in [0.3, 0.4) is 0 Å². The molecular formula is C15H21N3O2S. The maximum atomic E-state index is 10.2. The van der Waals surface area contributed by atoms with Gasteiger partial charge >= 0.3 is 0 Å². The summed E-state index contributed by atoms with van der Waals surface area (Å²) in [5, 5.41) is 26.4. The second-order valence-corrected chi connectivity index (χ2v) is 6.92. The molecule has 0 spiro atoms. The first-order valence-corrected chi connectivity index (χ1v) is 8.14. The summed E-state index contributed by atoms with van der Waals surface area (Å²) in [7, 11) is 0. The molecule has 2 aromatic rings. The molecule has 6 heteroatoms. The molecule has 2 aromatic heterocycles. The monoisotopic (exact) mass is 307 g/mol. The van der Waals surface area contributed by atoms with E-state index in [1.807, 2.05) is 6.07 Å². The van der Waals surface area contributed by atoms with Crippen LogP contribution in [0.4, 0.5) is 0 Å². The molecule has 0 aliphatic carbocycles. The van der Waals surface area contributed by atoms with Crippen molar-refractivity contribution < 1.29 is 10.2 Å². The number of aromatic amines is 1. The van der Waals surface area contributed by atoms with Gasteiger partial charge in [-0.15, -0.1) is 11.3 Å². The summed E-state index contributed by atoms with van der Waals surface area (Å²) in [6, 6.07) is 6.25. The zero-order valence-electron chi connectivity index (χ0n) is 12.0. The van der Waals surface area contributed by atoms with E-state index in [0.717, 1.165) is 31.7 Å². The van der Waals surface area contributed by atoms with Gasteiger partial charge in [0.15, 0.2) is 0 Å². The third-order valence-electron chi connectivity index (χ3n) is 4.11. The van der Waals surface area contributed by atoms with Crippen molar-refractivity contribution >= 4 is 11.3 Å². The van der Waals surface area contributed by atoms with Crippen LogP contribution in [0.2, 0.25) is 0 Å². The van der Waals surface area contributed by atoms with E-state index in [-0.39, 0.29) is 6.61 Å². The number of aromatic nitrogens is 2. The minimum absolute atomic E-state index is 0.135. The summed E-state index contributed by atoms with van der Waals surface area (Å²) in [5.74, 6) is 0. The molecule has 0 aromatic carbocycles. The SMILES string of the molecule is OC[C@]1(O)CCCN(Cc2ccc(-c3ccn[nH]3)s2)CC1. The summed E-state index contributed by atoms with van der Waals surface area (Å²) >= 11 is 1.77. The molecular weight excluding hydrogens is 286 g/mol. The molecule has 1 atom stereocenters.